The lowest BCUT2D eigenvalue weighted by molar-refractivity contribution is -0.124. The molecule has 0 saturated heterocycles. The van der Waals surface area contributed by atoms with Crippen molar-refractivity contribution in [3.05, 3.63) is 29.8 Å². The molecule has 1 aromatic rings. The van der Waals surface area contributed by atoms with Crippen molar-refractivity contribution in [1.29, 1.82) is 0 Å². The van der Waals surface area contributed by atoms with Crippen LogP contribution in [0.4, 0.5) is 5.69 Å². The van der Waals surface area contributed by atoms with Gasteiger partial charge in [-0.2, -0.15) is 0 Å². The van der Waals surface area contributed by atoms with E-state index in [4.69, 9.17) is 11.5 Å². The maximum Gasteiger partial charge on any atom is 0.234 e. The van der Waals surface area contributed by atoms with E-state index in [0.29, 0.717) is 18.2 Å². The van der Waals surface area contributed by atoms with Crippen molar-refractivity contribution in [2.24, 2.45) is 11.7 Å². The first-order valence-electron chi connectivity index (χ1n) is 7.15. The summed E-state index contributed by atoms with van der Waals surface area (Å²) in [4.78, 5) is 24.8. The fourth-order valence-electron chi connectivity index (χ4n) is 2.15. The van der Waals surface area contributed by atoms with Crippen LogP contribution in [0.5, 0.6) is 0 Å². The number of amides is 2. The molecule has 0 atom stereocenters. The number of nitrogens with two attached hydrogens (primary N) is 2. The summed E-state index contributed by atoms with van der Waals surface area (Å²) in [5.74, 6) is 0.0838. The molecule has 0 radical (unpaired) electrons. The zero-order valence-corrected chi connectivity index (χ0v) is 12.0. The predicted octanol–water partition coefficient (Wildman–Crippen LogP) is 0.0823. The Balaban J connectivity index is 1.91. The highest BCUT2D eigenvalue weighted by molar-refractivity contribution is 5.80. The van der Waals surface area contributed by atoms with Crippen LogP contribution in [0.1, 0.15) is 18.4 Å². The van der Waals surface area contributed by atoms with E-state index in [1.165, 1.54) is 12.8 Å². The molecule has 1 aliphatic carbocycles. The molecule has 0 unspecified atom stereocenters. The van der Waals surface area contributed by atoms with Gasteiger partial charge in [0.1, 0.15) is 0 Å². The normalized spacial score (nSPS) is 14.1. The summed E-state index contributed by atoms with van der Waals surface area (Å²) in [6, 6.07) is 7.40. The molecular formula is C15H22N4O2. The van der Waals surface area contributed by atoms with Gasteiger partial charge in [0.05, 0.1) is 13.1 Å². The molecule has 0 heterocycles. The topological polar surface area (TPSA) is 101 Å². The van der Waals surface area contributed by atoms with Crippen molar-refractivity contribution in [2.75, 3.05) is 25.4 Å². The van der Waals surface area contributed by atoms with Crippen molar-refractivity contribution < 1.29 is 9.59 Å². The highest BCUT2D eigenvalue weighted by Crippen LogP contribution is 2.27. The fourth-order valence-corrected chi connectivity index (χ4v) is 2.15. The Morgan fingerprint density at radius 3 is 2.57 bits per heavy atom. The van der Waals surface area contributed by atoms with E-state index in [1.54, 1.807) is 11.0 Å². The second-order valence-corrected chi connectivity index (χ2v) is 5.56. The van der Waals surface area contributed by atoms with Crippen LogP contribution < -0.4 is 16.8 Å². The maximum atomic E-state index is 11.9. The number of carbonyl (C=O) groups excluding carboxylic acids is 2. The van der Waals surface area contributed by atoms with Crippen LogP contribution in [0, 0.1) is 5.92 Å². The number of nitrogen functional groups attached to an aromatic ring is 1. The van der Waals surface area contributed by atoms with E-state index in [2.05, 4.69) is 5.32 Å². The molecule has 6 nitrogen and oxygen atoms in total. The summed E-state index contributed by atoms with van der Waals surface area (Å²) < 4.78 is 0. The van der Waals surface area contributed by atoms with Crippen molar-refractivity contribution in [1.82, 2.24) is 10.2 Å². The fraction of sp³-hybridized carbons (Fsp3) is 0.467. The zero-order valence-electron chi connectivity index (χ0n) is 12.0. The van der Waals surface area contributed by atoms with Crippen LogP contribution in [0.25, 0.3) is 0 Å². The van der Waals surface area contributed by atoms with Gasteiger partial charge < -0.3 is 16.8 Å². The van der Waals surface area contributed by atoms with Crippen molar-refractivity contribution >= 4 is 17.5 Å². The molecule has 0 spiro atoms. The minimum Gasteiger partial charge on any atom is -0.398 e. The third-order valence-electron chi connectivity index (χ3n) is 3.48. The van der Waals surface area contributed by atoms with Gasteiger partial charge in [-0.05, 0) is 30.4 Å². The van der Waals surface area contributed by atoms with Crippen molar-refractivity contribution in [3.63, 3.8) is 0 Å². The monoisotopic (exact) mass is 290 g/mol. The lowest BCUT2D eigenvalue weighted by atomic mass is 10.1. The summed E-state index contributed by atoms with van der Waals surface area (Å²) in [5.41, 5.74) is 12.7. The molecule has 1 saturated carbocycles. The van der Waals surface area contributed by atoms with Gasteiger partial charge in [-0.15, -0.1) is 0 Å². The Kier molecular flexibility index (Phi) is 5.16. The molecule has 5 N–H and O–H groups in total. The first-order chi connectivity index (χ1) is 10.0. The van der Waals surface area contributed by atoms with Crippen molar-refractivity contribution in [2.45, 2.75) is 19.4 Å². The molecule has 2 rings (SSSR count). The first kappa shape index (κ1) is 15.3. The summed E-state index contributed by atoms with van der Waals surface area (Å²) in [6.07, 6.45) is 2.37. The molecule has 1 aliphatic rings. The third kappa shape index (κ3) is 5.43. The molecular weight excluding hydrogens is 268 g/mol. The van der Waals surface area contributed by atoms with E-state index in [0.717, 1.165) is 12.1 Å². The first-order valence-corrected chi connectivity index (χ1v) is 7.15. The molecule has 1 fully saturated rings. The second kappa shape index (κ2) is 7.08. The second-order valence-electron chi connectivity index (χ2n) is 5.56. The smallest absolute Gasteiger partial charge is 0.234 e. The molecule has 2 amide bonds. The Morgan fingerprint density at radius 2 is 1.95 bits per heavy atom. The summed E-state index contributed by atoms with van der Waals surface area (Å²) in [7, 11) is 0. The van der Waals surface area contributed by atoms with E-state index in [1.807, 2.05) is 18.2 Å². The standard InChI is InChI=1S/C15H22N4O2/c16-13-4-2-1-3-12(13)8-19(9-14(17)20)10-15(21)18-7-11-5-6-11/h1-4,11H,5-10,16H2,(H2,17,20)(H,18,21). The number of primary amides is 1. The highest BCUT2D eigenvalue weighted by atomic mass is 16.2. The molecule has 0 aromatic heterocycles. The zero-order chi connectivity index (χ0) is 15.2. The average Bonchev–Trinajstić information content (AvgIpc) is 3.22. The van der Waals surface area contributed by atoms with E-state index in [9.17, 15) is 9.59 Å². The lowest BCUT2D eigenvalue weighted by Crippen LogP contribution is -2.41. The Labute approximate surface area is 124 Å². The largest absolute Gasteiger partial charge is 0.398 e. The van der Waals surface area contributed by atoms with Gasteiger partial charge in [0.2, 0.25) is 11.8 Å². The molecule has 114 valence electrons. The molecule has 6 heteroatoms. The number of rotatable bonds is 8. The van der Waals surface area contributed by atoms with Gasteiger partial charge in [-0.1, -0.05) is 18.2 Å². The molecule has 1 aromatic carbocycles. The van der Waals surface area contributed by atoms with E-state index >= 15 is 0 Å². The van der Waals surface area contributed by atoms with Crippen LogP contribution in [-0.2, 0) is 16.1 Å². The molecule has 0 aliphatic heterocycles. The maximum absolute atomic E-state index is 11.9. The van der Waals surface area contributed by atoms with Gasteiger partial charge in [-0.3, -0.25) is 14.5 Å². The minimum absolute atomic E-state index is 0.0329. The number of hydrogen-bond acceptors (Lipinski definition) is 4. The van der Waals surface area contributed by atoms with Crippen LogP contribution in [0.15, 0.2) is 24.3 Å². The summed E-state index contributed by atoms with van der Waals surface area (Å²) in [6.45, 7) is 1.32. The molecule has 21 heavy (non-hydrogen) atoms. The van der Waals surface area contributed by atoms with Crippen LogP contribution in [0.2, 0.25) is 0 Å². The molecule has 0 bridgehead atoms. The summed E-state index contributed by atoms with van der Waals surface area (Å²) in [5, 5.41) is 2.88. The number of carbonyl (C=O) groups is 2. The Bertz CT molecular complexity index is 514. The quantitative estimate of drug-likeness (QED) is 0.590. The van der Waals surface area contributed by atoms with Gasteiger partial charge in [0.15, 0.2) is 0 Å². The van der Waals surface area contributed by atoms with Gasteiger partial charge in [0, 0.05) is 18.8 Å². The van der Waals surface area contributed by atoms with Gasteiger partial charge >= 0.3 is 0 Å². The average molecular weight is 290 g/mol. The number of nitrogens with zero attached hydrogens (tertiary/aromatic N) is 1. The SMILES string of the molecule is NC(=O)CN(CC(=O)NCC1CC1)Cc1ccccc1N. The van der Waals surface area contributed by atoms with Crippen molar-refractivity contribution in [3.8, 4) is 0 Å². The van der Waals surface area contributed by atoms with Crippen LogP contribution in [0.3, 0.4) is 0 Å². The number of hydrogen-bond donors (Lipinski definition) is 3. The predicted molar refractivity (Wildman–Crippen MR) is 81.1 cm³/mol. The minimum atomic E-state index is -0.459. The van der Waals surface area contributed by atoms with Gasteiger partial charge in [-0.25, -0.2) is 0 Å². The van der Waals surface area contributed by atoms with E-state index < -0.39 is 5.91 Å². The lowest BCUT2D eigenvalue weighted by Gasteiger charge is -2.21. The number of anilines is 1. The highest BCUT2D eigenvalue weighted by Gasteiger charge is 2.22. The number of nitrogens with one attached hydrogen (secondary N) is 1. The van der Waals surface area contributed by atoms with E-state index in [-0.39, 0.29) is 19.0 Å². The Hall–Kier alpha value is -2.08. The van der Waals surface area contributed by atoms with Crippen LogP contribution in [-0.4, -0.2) is 36.3 Å². The summed E-state index contributed by atoms with van der Waals surface area (Å²) >= 11 is 0. The van der Waals surface area contributed by atoms with Gasteiger partial charge in [0.25, 0.3) is 0 Å². The Morgan fingerprint density at radius 1 is 1.24 bits per heavy atom. The van der Waals surface area contributed by atoms with Crippen LogP contribution >= 0.6 is 0 Å². The number of benzene rings is 1. The number of para-hydroxylation sites is 1. The third-order valence-corrected chi connectivity index (χ3v) is 3.48.